The van der Waals surface area contributed by atoms with Gasteiger partial charge in [-0.2, -0.15) is 0 Å². The quantitative estimate of drug-likeness (QED) is 0.844. The molecule has 1 heterocycles. The van der Waals surface area contributed by atoms with Gasteiger partial charge in [0.1, 0.15) is 12.4 Å². The number of benzene rings is 1. The molecule has 19 heavy (non-hydrogen) atoms. The Labute approximate surface area is 122 Å². The molecular formula is C15H24ClNO2. The van der Waals surface area contributed by atoms with Gasteiger partial charge >= 0.3 is 0 Å². The van der Waals surface area contributed by atoms with Crippen LogP contribution in [0.15, 0.2) is 18.2 Å². The number of methoxy groups -OCH3 is 1. The molecule has 4 heteroatoms. The first-order chi connectivity index (χ1) is 8.79. The van der Waals surface area contributed by atoms with E-state index in [1.165, 1.54) is 24.0 Å². The Morgan fingerprint density at radius 1 is 1.16 bits per heavy atom. The molecule has 1 aliphatic rings. The Morgan fingerprint density at radius 2 is 1.89 bits per heavy atom. The van der Waals surface area contributed by atoms with Crippen molar-refractivity contribution in [1.82, 2.24) is 5.32 Å². The lowest BCUT2D eigenvalue weighted by atomic mass is 9.89. The van der Waals surface area contributed by atoms with Crippen molar-refractivity contribution in [3.05, 3.63) is 29.3 Å². The van der Waals surface area contributed by atoms with E-state index in [1.807, 2.05) is 0 Å². The molecule has 0 atom stereocenters. The van der Waals surface area contributed by atoms with Crippen molar-refractivity contribution >= 4 is 12.4 Å². The highest BCUT2D eigenvalue weighted by molar-refractivity contribution is 5.85. The van der Waals surface area contributed by atoms with Gasteiger partial charge in [-0.3, -0.25) is 0 Å². The molecule has 0 spiro atoms. The molecule has 0 amide bonds. The van der Waals surface area contributed by atoms with Crippen LogP contribution in [0.5, 0.6) is 5.75 Å². The van der Waals surface area contributed by atoms with Crippen molar-refractivity contribution in [3.63, 3.8) is 0 Å². The van der Waals surface area contributed by atoms with Crippen LogP contribution in [0.25, 0.3) is 0 Å². The molecule has 108 valence electrons. The van der Waals surface area contributed by atoms with Gasteiger partial charge in [0.05, 0.1) is 6.61 Å². The Bertz CT molecular complexity index is 378. The van der Waals surface area contributed by atoms with Crippen molar-refractivity contribution < 1.29 is 9.47 Å². The summed E-state index contributed by atoms with van der Waals surface area (Å²) in [6, 6.07) is 6.58. The summed E-state index contributed by atoms with van der Waals surface area (Å²) in [5, 5.41) is 3.41. The van der Waals surface area contributed by atoms with Gasteiger partial charge in [-0.25, -0.2) is 0 Å². The fraction of sp³-hybridized carbons (Fsp3) is 0.600. The molecule has 0 aromatic heterocycles. The zero-order valence-electron chi connectivity index (χ0n) is 11.8. The topological polar surface area (TPSA) is 30.5 Å². The maximum absolute atomic E-state index is 5.72. The number of ether oxygens (including phenoxy) is 2. The molecule has 0 radical (unpaired) electrons. The number of piperidine rings is 1. The molecule has 1 aromatic carbocycles. The molecule has 0 saturated carbocycles. The number of rotatable bonds is 5. The minimum absolute atomic E-state index is 0. The number of aryl methyl sites for hydroxylation is 1. The lowest BCUT2D eigenvalue weighted by Gasteiger charge is -2.23. The van der Waals surface area contributed by atoms with Crippen LogP contribution in [0.1, 0.15) is 29.9 Å². The number of hydrogen-bond donors (Lipinski definition) is 1. The maximum Gasteiger partial charge on any atom is 0.119 e. The number of halogens is 1. The van der Waals surface area contributed by atoms with Gasteiger partial charge in [-0.15, -0.1) is 12.4 Å². The highest BCUT2D eigenvalue weighted by atomic mass is 35.5. The van der Waals surface area contributed by atoms with Crippen molar-refractivity contribution in [2.24, 2.45) is 0 Å². The molecule has 0 bridgehead atoms. The Hall–Kier alpha value is -0.770. The first kappa shape index (κ1) is 16.3. The summed E-state index contributed by atoms with van der Waals surface area (Å²) in [4.78, 5) is 0. The minimum atomic E-state index is 0. The summed E-state index contributed by atoms with van der Waals surface area (Å²) in [5.74, 6) is 1.65. The third-order valence-corrected chi connectivity index (χ3v) is 3.44. The third kappa shape index (κ3) is 5.01. The monoisotopic (exact) mass is 285 g/mol. The van der Waals surface area contributed by atoms with Crippen LogP contribution in [0.4, 0.5) is 0 Å². The van der Waals surface area contributed by atoms with Crippen molar-refractivity contribution in [1.29, 1.82) is 0 Å². The van der Waals surface area contributed by atoms with E-state index in [0.717, 1.165) is 18.8 Å². The molecular weight excluding hydrogens is 262 g/mol. The molecule has 1 saturated heterocycles. The average molecular weight is 286 g/mol. The Kier molecular flexibility index (Phi) is 7.21. The molecule has 3 nitrogen and oxygen atoms in total. The van der Waals surface area contributed by atoms with Gasteiger partial charge in [0, 0.05) is 7.11 Å². The van der Waals surface area contributed by atoms with E-state index in [2.05, 4.69) is 30.4 Å². The lowest BCUT2D eigenvalue weighted by Crippen LogP contribution is -2.26. The van der Waals surface area contributed by atoms with Gasteiger partial charge in [0.15, 0.2) is 0 Å². The summed E-state index contributed by atoms with van der Waals surface area (Å²) >= 11 is 0. The first-order valence-electron chi connectivity index (χ1n) is 6.73. The van der Waals surface area contributed by atoms with Crippen LogP contribution in [0.3, 0.4) is 0 Å². The molecule has 1 N–H and O–H groups in total. The Morgan fingerprint density at radius 3 is 2.58 bits per heavy atom. The molecule has 0 unspecified atom stereocenters. The fourth-order valence-electron chi connectivity index (χ4n) is 2.49. The zero-order chi connectivity index (χ0) is 12.8. The van der Waals surface area contributed by atoms with Gasteiger partial charge < -0.3 is 14.8 Å². The molecule has 1 aliphatic heterocycles. The lowest BCUT2D eigenvalue weighted by molar-refractivity contribution is 0.146. The number of nitrogens with one attached hydrogen (secondary N) is 1. The zero-order valence-corrected chi connectivity index (χ0v) is 12.6. The highest BCUT2D eigenvalue weighted by Crippen LogP contribution is 2.29. The van der Waals surface area contributed by atoms with Crippen molar-refractivity contribution in [2.45, 2.75) is 25.7 Å². The third-order valence-electron chi connectivity index (χ3n) is 3.44. The summed E-state index contributed by atoms with van der Waals surface area (Å²) in [7, 11) is 1.69. The van der Waals surface area contributed by atoms with E-state index in [4.69, 9.17) is 9.47 Å². The minimum Gasteiger partial charge on any atom is -0.491 e. The number of hydrogen-bond acceptors (Lipinski definition) is 3. The maximum atomic E-state index is 5.72. The van der Waals surface area contributed by atoms with Crippen molar-refractivity contribution in [3.8, 4) is 5.75 Å². The summed E-state index contributed by atoms with van der Waals surface area (Å²) < 4.78 is 10.7. The molecule has 1 aromatic rings. The second kappa shape index (κ2) is 8.41. The second-order valence-electron chi connectivity index (χ2n) is 4.94. The van der Waals surface area contributed by atoms with Crippen LogP contribution < -0.4 is 10.1 Å². The van der Waals surface area contributed by atoms with Gasteiger partial charge in [0.25, 0.3) is 0 Å². The van der Waals surface area contributed by atoms with Crippen LogP contribution in [0, 0.1) is 6.92 Å². The van der Waals surface area contributed by atoms with Crippen LogP contribution in [-0.2, 0) is 4.74 Å². The predicted molar refractivity (Wildman–Crippen MR) is 80.6 cm³/mol. The van der Waals surface area contributed by atoms with Gasteiger partial charge in [-0.05, 0) is 62.0 Å². The SMILES string of the molecule is COCCOc1cc(C)cc(C2CCNCC2)c1.Cl. The molecule has 1 fully saturated rings. The van der Waals surface area contributed by atoms with E-state index in [1.54, 1.807) is 7.11 Å². The first-order valence-corrected chi connectivity index (χ1v) is 6.73. The van der Waals surface area contributed by atoms with E-state index >= 15 is 0 Å². The van der Waals surface area contributed by atoms with Crippen LogP contribution in [-0.4, -0.2) is 33.4 Å². The molecule has 0 aliphatic carbocycles. The predicted octanol–water partition coefficient (Wildman–Crippen LogP) is 2.91. The summed E-state index contributed by atoms with van der Waals surface area (Å²) in [6.45, 7) is 5.63. The normalized spacial score (nSPS) is 15.9. The van der Waals surface area contributed by atoms with E-state index < -0.39 is 0 Å². The Balaban J connectivity index is 0.00000180. The largest absolute Gasteiger partial charge is 0.491 e. The second-order valence-corrected chi connectivity index (χ2v) is 4.94. The molecule has 2 rings (SSSR count). The smallest absolute Gasteiger partial charge is 0.119 e. The van der Waals surface area contributed by atoms with Gasteiger partial charge in [0.2, 0.25) is 0 Å². The van der Waals surface area contributed by atoms with Gasteiger partial charge in [-0.1, -0.05) is 6.07 Å². The summed E-state index contributed by atoms with van der Waals surface area (Å²) in [5.41, 5.74) is 2.70. The van der Waals surface area contributed by atoms with Crippen LogP contribution in [0.2, 0.25) is 0 Å². The van der Waals surface area contributed by atoms with E-state index in [0.29, 0.717) is 19.1 Å². The average Bonchev–Trinajstić information content (AvgIpc) is 2.39. The van der Waals surface area contributed by atoms with E-state index in [9.17, 15) is 0 Å². The fourth-order valence-corrected chi connectivity index (χ4v) is 2.49. The summed E-state index contributed by atoms with van der Waals surface area (Å²) in [6.07, 6.45) is 2.45. The standard InChI is InChI=1S/C15H23NO2.ClH/c1-12-9-14(13-3-5-16-6-4-13)11-15(10-12)18-8-7-17-2;/h9-11,13,16H,3-8H2,1-2H3;1H. The van der Waals surface area contributed by atoms with Crippen molar-refractivity contribution in [2.75, 3.05) is 33.4 Å². The highest BCUT2D eigenvalue weighted by Gasteiger charge is 2.16. The van der Waals surface area contributed by atoms with E-state index in [-0.39, 0.29) is 12.4 Å². The van der Waals surface area contributed by atoms with Crippen LogP contribution >= 0.6 is 12.4 Å².